The number of hydrogen-bond donors (Lipinski definition) is 1. The van der Waals surface area contributed by atoms with Gasteiger partial charge in [0.05, 0.1) is 26.4 Å². The molecule has 2 aromatic heterocycles. The van der Waals surface area contributed by atoms with Crippen molar-refractivity contribution in [3.63, 3.8) is 0 Å². The fourth-order valence-electron chi connectivity index (χ4n) is 8.51. The fourth-order valence-corrected chi connectivity index (χ4v) is 15.0. The molecule has 0 saturated carbocycles. The average molecular weight is 930 g/mol. The van der Waals surface area contributed by atoms with Gasteiger partial charge in [0.2, 0.25) is 0 Å². The SMILES string of the molecule is COc1ccc(C(OCCCCCn2cnc3c(ncn3[C@@H]3O[C@H](COP(=O)(Sc4ccccc4)Sc4ccccc4)[C@H]4OC(C)(C)O[C@H]43)c2=N)(c2ccccc2)c2ccccc2)cc1. The van der Waals surface area contributed by atoms with Crippen LogP contribution in [0, 0.1) is 5.41 Å². The third kappa shape index (κ3) is 9.91. The molecule has 0 amide bonds. The number of nitrogens with one attached hydrogen (secondary N) is 1. The van der Waals surface area contributed by atoms with Crippen molar-refractivity contribution in [2.24, 2.45) is 0 Å². The van der Waals surface area contributed by atoms with Crippen LogP contribution in [0.4, 0.5) is 0 Å². The Hall–Kier alpha value is -5.02. The molecule has 2 saturated heterocycles. The first-order chi connectivity index (χ1) is 31.6. The minimum atomic E-state index is -3.39. The Morgan fingerprint density at radius 3 is 1.89 bits per heavy atom. The normalized spacial score (nSPS) is 19.4. The predicted octanol–water partition coefficient (Wildman–Crippen LogP) is 11.0. The summed E-state index contributed by atoms with van der Waals surface area (Å²) in [6, 6.07) is 48.0. The molecule has 12 nitrogen and oxygen atoms in total. The summed E-state index contributed by atoms with van der Waals surface area (Å²) in [4.78, 5) is 11.2. The number of aromatic nitrogens is 4. The third-order valence-electron chi connectivity index (χ3n) is 11.5. The van der Waals surface area contributed by atoms with Crippen LogP contribution in [-0.2, 0) is 40.2 Å². The molecule has 336 valence electrons. The van der Waals surface area contributed by atoms with Crippen molar-refractivity contribution in [1.29, 1.82) is 5.41 Å². The molecule has 4 atom stereocenters. The second-order valence-corrected chi connectivity index (χ2v) is 23.5. The molecule has 1 N–H and O–H groups in total. The van der Waals surface area contributed by atoms with Gasteiger partial charge in [-0.25, -0.2) is 9.97 Å². The summed E-state index contributed by atoms with van der Waals surface area (Å²) in [7, 11) is 1.67. The molecule has 65 heavy (non-hydrogen) atoms. The van der Waals surface area contributed by atoms with Crippen LogP contribution in [0.15, 0.2) is 168 Å². The van der Waals surface area contributed by atoms with Gasteiger partial charge >= 0.3 is 5.77 Å². The maximum absolute atomic E-state index is 14.5. The van der Waals surface area contributed by atoms with E-state index >= 15 is 0 Å². The van der Waals surface area contributed by atoms with Crippen LogP contribution < -0.4 is 10.2 Å². The lowest BCUT2D eigenvalue weighted by Gasteiger charge is -2.36. The van der Waals surface area contributed by atoms with Gasteiger partial charge in [-0.15, -0.1) is 0 Å². The van der Waals surface area contributed by atoms with Crippen molar-refractivity contribution in [1.82, 2.24) is 19.1 Å². The highest BCUT2D eigenvalue weighted by molar-refractivity contribution is 8.89. The van der Waals surface area contributed by atoms with Crippen LogP contribution >= 0.6 is 28.5 Å². The second-order valence-electron chi connectivity index (χ2n) is 16.3. The average Bonchev–Trinajstić information content (AvgIpc) is 4.01. The Kier molecular flexibility index (Phi) is 13.8. The van der Waals surface area contributed by atoms with E-state index in [-0.39, 0.29) is 12.1 Å². The number of ether oxygens (including phenoxy) is 5. The Labute approximate surface area is 387 Å². The molecule has 7 aromatic rings. The largest absolute Gasteiger partial charge is 0.497 e. The number of unbranched alkanes of at least 4 members (excludes halogenated alkanes) is 2. The maximum Gasteiger partial charge on any atom is 0.322 e. The van der Waals surface area contributed by atoms with Crippen LogP contribution in [-0.4, -0.2) is 63.5 Å². The van der Waals surface area contributed by atoms with Crippen LogP contribution in [0.5, 0.6) is 5.75 Å². The van der Waals surface area contributed by atoms with Crippen molar-refractivity contribution < 1.29 is 32.8 Å². The zero-order valence-corrected chi connectivity index (χ0v) is 39.0. The summed E-state index contributed by atoms with van der Waals surface area (Å²) in [6.07, 6.45) is 3.50. The van der Waals surface area contributed by atoms with Gasteiger partial charge in [-0.2, -0.15) is 0 Å². The van der Waals surface area contributed by atoms with Crippen molar-refractivity contribution in [3.05, 3.63) is 180 Å². The number of fused-ring (bicyclic) bond motifs is 2. The summed E-state index contributed by atoms with van der Waals surface area (Å²) in [5.41, 5.74) is 3.49. The Bertz CT molecular complexity index is 2680. The molecule has 5 aromatic carbocycles. The van der Waals surface area contributed by atoms with Gasteiger partial charge in [-0.1, -0.05) is 109 Å². The molecule has 2 fully saturated rings. The lowest BCUT2D eigenvalue weighted by molar-refractivity contribution is -0.198. The molecule has 2 aliphatic rings. The molecule has 0 bridgehead atoms. The van der Waals surface area contributed by atoms with Crippen molar-refractivity contribution >= 4 is 39.7 Å². The second kappa shape index (κ2) is 19.8. The number of imidazole rings is 1. The van der Waals surface area contributed by atoms with Crippen LogP contribution in [0.1, 0.15) is 56.0 Å². The summed E-state index contributed by atoms with van der Waals surface area (Å²) >= 11 is 2.43. The van der Waals surface area contributed by atoms with E-state index in [2.05, 4.69) is 41.4 Å². The van der Waals surface area contributed by atoms with Gasteiger partial charge in [-0.3, -0.25) is 14.5 Å². The Balaban J connectivity index is 0.871. The first-order valence-corrected chi connectivity index (χ1v) is 26.2. The van der Waals surface area contributed by atoms with Crippen molar-refractivity contribution in [2.75, 3.05) is 20.3 Å². The van der Waals surface area contributed by atoms with E-state index in [1.807, 2.05) is 132 Å². The van der Waals surface area contributed by atoms with E-state index in [1.54, 1.807) is 19.8 Å². The summed E-state index contributed by atoms with van der Waals surface area (Å²) in [6.45, 7) is 4.85. The molecule has 15 heteroatoms. The molecule has 0 aliphatic carbocycles. The number of benzene rings is 5. The van der Waals surface area contributed by atoms with Gasteiger partial charge in [0.15, 0.2) is 23.1 Å². The molecular weight excluding hydrogens is 878 g/mol. The van der Waals surface area contributed by atoms with E-state index in [0.29, 0.717) is 24.3 Å². The highest BCUT2D eigenvalue weighted by atomic mass is 33.1. The summed E-state index contributed by atoms with van der Waals surface area (Å²) in [5.74, 6) is -3.50. The number of methoxy groups -OCH3 is 1. The highest BCUT2D eigenvalue weighted by Gasteiger charge is 2.56. The monoisotopic (exact) mass is 929 g/mol. The van der Waals surface area contributed by atoms with Gasteiger partial charge in [0.1, 0.15) is 35.2 Å². The fraction of sp³-hybridized carbons (Fsp3) is 0.300. The first-order valence-electron chi connectivity index (χ1n) is 21.8. The topological polar surface area (TPSA) is 132 Å². The van der Waals surface area contributed by atoms with E-state index in [1.165, 1.54) is 22.8 Å². The molecule has 9 rings (SSSR count). The van der Waals surface area contributed by atoms with Crippen molar-refractivity contribution in [3.8, 4) is 5.75 Å². The van der Waals surface area contributed by atoms with Crippen LogP contribution in [0.25, 0.3) is 11.2 Å². The Morgan fingerprint density at radius 2 is 1.29 bits per heavy atom. The minimum Gasteiger partial charge on any atom is -0.497 e. The zero-order valence-electron chi connectivity index (χ0n) is 36.5. The molecular formula is C50H52N5O7PS2. The minimum absolute atomic E-state index is 0.00379. The van der Waals surface area contributed by atoms with Gasteiger partial charge in [0, 0.05) is 22.9 Å². The summed E-state index contributed by atoms with van der Waals surface area (Å²) in [5, 5.41) is 9.17. The summed E-state index contributed by atoms with van der Waals surface area (Å²) < 4.78 is 56.5. The van der Waals surface area contributed by atoms with E-state index in [9.17, 15) is 4.57 Å². The molecule has 2 aliphatic heterocycles. The standard InChI is InChI=1S/C50H52N5O7PS2/c1-49(2)61-44-42(33-59-63(56,64-40-23-13-6-14-24-40)65-41-25-15-7-16-26-41)60-48(45(44)62-49)55-35-52-43-46(51)54(34-53-47(43)55)31-17-8-18-32-58-50(36-19-9-4-10-20-36,37-21-11-5-12-22-37)38-27-29-39(57-3)30-28-38/h4-7,9-16,19-30,34-35,42,44-45,48,51H,8,17-18,31-33H2,1-3H3/t42-,44-,45-,48-/m1/s1. The number of aryl methyl sites for hydroxylation is 1. The smallest absolute Gasteiger partial charge is 0.322 e. The molecule has 0 unspecified atom stereocenters. The number of rotatable bonds is 19. The third-order valence-corrected chi connectivity index (χ3v) is 18.0. The van der Waals surface area contributed by atoms with Gasteiger partial charge < -0.3 is 32.8 Å². The van der Waals surface area contributed by atoms with E-state index < -0.39 is 41.7 Å². The zero-order chi connectivity index (χ0) is 44.9. The van der Waals surface area contributed by atoms with Gasteiger partial charge in [-0.05, 0) is 109 Å². The predicted molar refractivity (Wildman–Crippen MR) is 253 cm³/mol. The highest BCUT2D eigenvalue weighted by Crippen LogP contribution is 2.74. The van der Waals surface area contributed by atoms with Crippen LogP contribution in [0.3, 0.4) is 0 Å². The van der Waals surface area contributed by atoms with E-state index in [0.717, 1.165) is 51.5 Å². The first kappa shape index (κ1) is 45.1. The maximum atomic E-state index is 14.5. The number of hydrogen-bond acceptors (Lipinski definition) is 12. The quantitative estimate of drug-likeness (QED) is 0.0472. The lowest BCUT2D eigenvalue weighted by atomic mass is 9.80. The number of nitrogens with zero attached hydrogens (tertiary/aromatic N) is 4. The van der Waals surface area contributed by atoms with Crippen LogP contribution in [0.2, 0.25) is 0 Å². The van der Waals surface area contributed by atoms with Gasteiger partial charge in [0.25, 0.3) is 0 Å². The lowest BCUT2D eigenvalue weighted by Crippen LogP contribution is -2.33. The molecule has 0 spiro atoms. The van der Waals surface area contributed by atoms with E-state index in [4.69, 9.17) is 38.6 Å². The molecule has 4 heterocycles. The van der Waals surface area contributed by atoms with Crippen molar-refractivity contribution in [2.45, 2.75) is 85.4 Å². The molecule has 0 radical (unpaired) electrons. The Morgan fingerprint density at radius 1 is 0.723 bits per heavy atom.